The van der Waals surface area contributed by atoms with Crippen molar-refractivity contribution >= 4 is 75.9 Å². The number of fused-ring (bicyclic) bond motifs is 1. The first-order valence-electron chi connectivity index (χ1n) is 29.4. The Hall–Kier alpha value is -9.66. The molecule has 9 atom stereocenters. The van der Waals surface area contributed by atoms with Crippen LogP contribution in [0.3, 0.4) is 0 Å². The first kappa shape index (κ1) is 65.9. The van der Waals surface area contributed by atoms with E-state index >= 15 is 0 Å². The minimum Gasteiger partial charge on any atom is -0.508 e. The molecule has 11 amide bonds. The molecule has 2 aliphatic heterocycles. The molecule has 15 N–H and O–H groups in total. The molecule has 3 aromatic carbocycles. The molecule has 9 unspecified atom stereocenters. The Bertz CT molecular complexity index is 3270. The predicted molar refractivity (Wildman–Crippen MR) is 319 cm³/mol. The number of phenolic OH excluding ortho intramolecular Hbond substituents is 1. The molecule has 0 saturated carbocycles. The van der Waals surface area contributed by atoms with Crippen LogP contribution in [0.5, 0.6) is 5.75 Å². The van der Waals surface area contributed by atoms with Crippen molar-refractivity contribution in [1.82, 2.24) is 67.7 Å². The van der Waals surface area contributed by atoms with E-state index in [1.807, 2.05) is 0 Å². The smallest absolute Gasteiger partial charge is 0.245 e. The van der Waals surface area contributed by atoms with Gasteiger partial charge in [-0.25, -0.2) is 4.98 Å². The molecule has 2 aliphatic rings. The van der Waals surface area contributed by atoms with Gasteiger partial charge in [0.05, 0.1) is 12.9 Å². The molecule has 4 heterocycles. The molecular weight excluding hydrogens is 1140 g/mol. The second-order valence-electron chi connectivity index (χ2n) is 22.4. The number of phenols is 1. The van der Waals surface area contributed by atoms with Crippen molar-refractivity contribution in [3.8, 4) is 5.75 Å². The fourth-order valence-corrected chi connectivity index (χ4v) is 10.6. The van der Waals surface area contributed by atoms with Crippen LogP contribution in [0.2, 0.25) is 0 Å². The average Bonchev–Trinajstić information content (AvgIpc) is 4.57. The maximum Gasteiger partial charge on any atom is 0.245 e. The van der Waals surface area contributed by atoms with Crippen LogP contribution in [0.4, 0.5) is 0 Å². The van der Waals surface area contributed by atoms with Crippen LogP contribution in [-0.4, -0.2) is 169 Å². The van der Waals surface area contributed by atoms with Gasteiger partial charge in [-0.1, -0.05) is 74.5 Å². The number of aromatic amines is 2. The summed E-state index contributed by atoms with van der Waals surface area (Å²) in [5, 5.41) is 45.7. The molecule has 0 bridgehead atoms. The summed E-state index contributed by atoms with van der Waals surface area (Å²) in [7, 11) is 0. The van der Waals surface area contributed by atoms with Gasteiger partial charge >= 0.3 is 0 Å². The van der Waals surface area contributed by atoms with Gasteiger partial charge in [0.2, 0.25) is 65.0 Å². The van der Waals surface area contributed by atoms with E-state index in [9.17, 15) is 63.0 Å². The van der Waals surface area contributed by atoms with Crippen LogP contribution in [0, 0.1) is 5.92 Å². The molecule has 7 rings (SSSR count). The molecule has 0 aliphatic carbocycles. The molecule has 2 aromatic heterocycles. The maximum atomic E-state index is 14.8. The number of para-hydroxylation sites is 1. The zero-order chi connectivity index (χ0) is 63.4. The van der Waals surface area contributed by atoms with Gasteiger partial charge in [-0.05, 0) is 79.8 Å². The molecule has 5 aromatic rings. The zero-order valence-corrected chi connectivity index (χ0v) is 49.3. The Morgan fingerprint density at radius 3 is 1.82 bits per heavy atom. The van der Waals surface area contributed by atoms with Crippen LogP contribution in [0.25, 0.3) is 10.9 Å². The number of aromatic nitrogens is 3. The summed E-state index contributed by atoms with van der Waals surface area (Å²) in [6.07, 6.45) is 4.51. The van der Waals surface area contributed by atoms with Crippen molar-refractivity contribution in [1.29, 1.82) is 0 Å². The van der Waals surface area contributed by atoms with Gasteiger partial charge in [0.1, 0.15) is 60.1 Å². The lowest BCUT2D eigenvalue weighted by Crippen LogP contribution is -2.61. The number of H-pyrrole nitrogens is 2. The fourth-order valence-electron chi connectivity index (χ4n) is 10.6. The molecular formula is C61H78N14O13. The number of nitrogens with one attached hydrogen (secondary N) is 11. The van der Waals surface area contributed by atoms with Crippen molar-refractivity contribution in [3.63, 3.8) is 0 Å². The van der Waals surface area contributed by atoms with E-state index in [0.717, 1.165) is 0 Å². The number of primary amides is 1. The third-order valence-corrected chi connectivity index (χ3v) is 15.2. The summed E-state index contributed by atoms with van der Waals surface area (Å²) in [5.41, 5.74) is 8.22. The summed E-state index contributed by atoms with van der Waals surface area (Å²) >= 11 is 0. The number of nitrogens with two attached hydrogens (primary N) is 1. The number of aliphatic hydroxyl groups is 1. The van der Waals surface area contributed by atoms with Crippen LogP contribution >= 0.6 is 0 Å². The van der Waals surface area contributed by atoms with E-state index in [-0.39, 0.29) is 87.8 Å². The van der Waals surface area contributed by atoms with Crippen molar-refractivity contribution in [2.75, 3.05) is 19.7 Å². The zero-order valence-electron chi connectivity index (χ0n) is 49.3. The minimum atomic E-state index is -1.78. The summed E-state index contributed by atoms with van der Waals surface area (Å²) in [6, 6.07) is 9.50. The largest absolute Gasteiger partial charge is 0.508 e. The average molecular weight is 1220 g/mol. The lowest BCUT2D eigenvalue weighted by molar-refractivity contribution is -0.142. The van der Waals surface area contributed by atoms with E-state index in [4.69, 9.17) is 5.73 Å². The number of imidazole rings is 1. The number of aromatic hydroxyl groups is 1. The maximum absolute atomic E-state index is 14.8. The first-order valence-corrected chi connectivity index (χ1v) is 29.4. The highest BCUT2D eigenvalue weighted by molar-refractivity contribution is 5.99. The number of rotatable bonds is 31. The van der Waals surface area contributed by atoms with E-state index in [2.05, 4.69) is 62.8 Å². The molecule has 0 spiro atoms. The van der Waals surface area contributed by atoms with Gasteiger partial charge in [-0.3, -0.25) is 52.7 Å². The molecule has 88 heavy (non-hydrogen) atoms. The number of nitrogens with zero attached hydrogens (tertiary/aromatic N) is 2. The Morgan fingerprint density at radius 1 is 0.659 bits per heavy atom. The van der Waals surface area contributed by atoms with Crippen molar-refractivity contribution in [3.05, 3.63) is 120 Å². The normalized spacial score (nSPS) is 17.0. The Labute approximate surface area is 507 Å². The summed E-state index contributed by atoms with van der Waals surface area (Å²) in [5.74, 6) is -8.43. The molecule has 2 fully saturated rings. The van der Waals surface area contributed by atoms with E-state index in [1.54, 1.807) is 81.6 Å². The van der Waals surface area contributed by atoms with Crippen LogP contribution < -0.4 is 53.6 Å². The number of aliphatic hydroxyl groups excluding tert-OH is 1. The van der Waals surface area contributed by atoms with Crippen LogP contribution in [0.1, 0.15) is 88.1 Å². The van der Waals surface area contributed by atoms with Gasteiger partial charge < -0.3 is 78.7 Å². The number of benzene rings is 3. The van der Waals surface area contributed by atoms with Crippen LogP contribution in [-0.2, 0) is 78.4 Å². The summed E-state index contributed by atoms with van der Waals surface area (Å²) < 4.78 is 0. The quantitative estimate of drug-likeness (QED) is 0.0253. The molecule has 27 nitrogen and oxygen atoms in total. The van der Waals surface area contributed by atoms with Gasteiger partial charge in [0.15, 0.2) is 0 Å². The third-order valence-electron chi connectivity index (χ3n) is 15.2. The SMILES string of the molecule is CCNC(=O)C1CCCN1C(=O)C(CCC(N)=O)NC(=O)C(CC(C)C)NC(=O)C(Cc1ccccc1)NC(=O)C(Cc1ccc(O)cc1)NC(=O)C(CO)NC(=O)C(Cc1c[nH]c2ccccc12)NC(=O)C(Cc1cnc[nH]1)NC(=O)C1CCC(=O)N1. The number of hydrogen-bond donors (Lipinski definition) is 14. The Kier molecular flexibility index (Phi) is 23.7. The van der Waals surface area contributed by atoms with Crippen molar-refractivity contribution in [2.24, 2.45) is 11.7 Å². The number of hydrogen-bond acceptors (Lipinski definition) is 14. The van der Waals surface area contributed by atoms with Gasteiger partial charge in [-0.15, -0.1) is 0 Å². The van der Waals surface area contributed by atoms with Gasteiger partial charge in [0.25, 0.3) is 0 Å². The van der Waals surface area contributed by atoms with Gasteiger partial charge in [-0.2, -0.15) is 0 Å². The second kappa shape index (κ2) is 31.6. The number of likely N-dealkylation sites (N-methyl/N-ethyl adjacent to an activating group) is 1. The van der Waals surface area contributed by atoms with Crippen molar-refractivity contribution in [2.45, 2.75) is 146 Å². The number of amides is 11. The summed E-state index contributed by atoms with van der Waals surface area (Å²) in [6.45, 7) is 4.86. The third kappa shape index (κ3) is 18.7. The van der Waals surface area contributed by atoms with Crippen LogP contribution in [0.15, 0.2) is 97.6 Å². The lowest BCUT2D eigenvalue weighted by Gasteiger charge is -2.30. The predicted octanol–water partition coefficient (Wildman–Crippen LogP) is -1.03. The lowest BCUT2D eigenvalue weighted by atomic mass is 9.99. The molecule has 470 valence electrons. The molecule has 27 heteroatoms. The highest BCUT2D eigenvalue weighted by atomic mass is 16.3. The minimum absolute atomic E-state index is 0.0370. The Morgan fingerprint density at radius 2 is 1.23 bits per heavy atom. The van der Waals surface area contributed by atoms with E-state index in [0.29, 0.717) is 52.7 Å². The standard InChI is InChI=1S/C61H78N14O13/c1-4-64-60(87)50-15-10-24-75(50)61(88)43(20-22-51(62)78)68-54(81)44(25-34(2)3)69-55(82)45(26-35-11-6-5-7-12-35)70-56(83)46(27-36-16-18-39(77)19-17-36)71-59(86)49(32-76)74-57(84)47(28-37-30-65-41-14-9-8-13-40(37)41)72-58(85)48(29-38-31-63-33-66-38)73-53(80)42-21-23-52(79)67-42/h5-9,11-14,16-19,30-31,33-34,42-50,65,76-77H,4,10,15,20-29,32H2,1-3H3,(H2,62,78)(H,63,66)(H,64,87)(H,67,79)(H,68,81)(H,69,82)(H,70,83)(H,71,86)(H,72,85)(H,73,80)(H,74,84). The number of carbonyl (C=O) groups excluding carboxylic acids is 11. The van der Waals surface area contributed by atoms with Crippen molar-refractivity contribution < 1.29 is 63.0 Å². The molecule has 0 radical (unpaired) electrons. The number of carbonyl (C=O) groups is 11. The van der Waals surface area contributed by atoms with E-state index in [1.165, 1.54) is 41.7 Å². The topological polar surface area (TPSA) is 410 Å². The molecule has 2 saturated heterocycles. The monoisotopic (exact) mass is 1210 g/mol. The van der Waals surface area contributed by atoms with Gasteiger partial charge in [0, 0.05) is 80.6 Å². The second-order valence-corrected chi connectivity index (χ2v) is 22.4. The Balaban J connectivity index is 1.13. The fraction of sp³-hybridized carbons (Fsp3) is 0.443. The highest BCUT2D eigenvalue weighted by Gasteiger charge is 2.40. The van der Waals surface area contributed by atoms with E-state index < -0.39 is 114 Å². The first-order chi connectivity index (χ1) is 42.2. The number of likely N-dealkylation sites (tertiary alicyclic amines) is 1. The summed E-state index contributed by atoms with van der Waals surface area (Å²) in [4.78, 5) is 163. The highest BCUT2D eigenvalue weighted by Crippen LogP contribution is 2.22.